The summed E-state index contributed by atoms with van der Waals surface area (Å²) < 4.78 is 25.7. The first-order valence-electron chi connectivity index (χ1n) is 9.35. The van der Waals surface area contributed by atoms with Crippen LogP contribution in [0.15, 0.2) is 47.9 Å². The van der Waals surface area contributed by atoms with Gasteiger partial charge in [0.2, 0.25) is 15.0 Å². The van der Waals surface area contributed by atoms with Crippen LogP contribution in [-0.4, -0.2) is 71.0 Å². The Kier molecular flexibility index (Phi) is 4.44. The summed E-state index contributed by atoms with van der Waals surface area (Å²) >= 11 is 1.54. The van der Waals surface area contributed by atoms with Gasteiger partial charge in [-0.25, -0.2) is 23.4 Å². The summed E-state index contributed by atoms with van der Waals surface area (Å²) in [5, 5.41) is 0.768. The van der Waals surface area contributed by atoms with E-state index in [-0.39, 0.29) is 16.8 Å². The van der Waals surface area contributed by atoms with Gasteiger partial charge in [0.25, 0.3) is 5.91 Å². The first-order valence-corrected chi connectivity index (χ1v) is 12.1. The highest BCUT2D eigenvalue weighted by Crippen LogP contribution is 2.28. The summed E-state index contributed by atoms with van der Waals surface area (Å²) in [5.74, 6) is -0.265. The Hall–Kier alpha value is -3.05. The summed E-state index contributed by atoms with van der Waals surface area (Å²) in [4.78, 5) is 31.1. The highest BCUT2D eigenvalue weighted by molar-refractivity contribution is 7.90. The second-order valence-electron chi connectivity index (χ2n) is 7.07. The standard InChI is InChI=1S/C19H18N6O3S2/c1-30(27,28)19-22-15(14-6-2-3-8-25(14)19)17(26)23-9-11-24(12-10-23)18-21-13-5-4-7-20-16(13)29-18/h2-8H,9-12H2,1H3. The zero-order valence-corrected chi connectivity index (χ0v) is 17.7. The lowest BCUT2D eigenvalue weighted by atomic mass is 10.2. The van der Waals surface area contributed by atoms with Gasteiger partial charge in [0.05, 0.1) is 5.52 Å². The Balaban J connectivity index is 1.38. The zero-order valence-electron chi connectivity index (χ0n) is 16.1. The van der Waals surface area contributed by atoms with E-state index in [1.807, 2.05) is 12.1 Å². The van der Waals surface area contributed by atoms with E-state index >= 15 is 0 Å². The highest BCUT2D eigenvalue weighted by Gasteiger charge is 2.29. The number of hydrogen-bond donors (Lipinski definition) is 0. The smallest absolute Gasteiger partial charge is 0.274 e. The van der Waals surface area contributed by atoms with Crippen molar-refractivity contribution in [2.45, 2.75) is 5.16 Å². The Morgan fingerprint density at radius 1 is 1.07 bits per heavy atom. The van der Waals surface area contributed by atoms with Crippen molar-refractivity contribution in [3.63, 3.8) is 0 Å². The van der Waals surface area contributed by atoms with Gasteiger partial charge in [0.1, 0.15) is 10.3 Å². The lowest BCUT2D eigenvalue weighted by molar-refractivity contribution is 0.0743. The molecular formula is C19H18N6O3S2. The summed E-state index contributed by atoms with van der Waals surface area (Å²) in [6.45, 7) is 2.27. The molecule has 30 heavy (non-hydrogen) atoms. The van der Waals surface area contributed by atoms with Crippen LogP contribution in [-0.2, 0) is 9.84 Å². The Morgan fingerprint density at radius 3 is 2.60 bits per heavy atom. The fraction of sp³-hybridized carbons (Fsp3) is 0.263. The van der Waals surface area contributed by atoms with E-state index in [1.54, 1.807) is 35.5 Å². The van der Waals surface area contributed by atoms with E-state index in [9.17, 15) is 13.2 Å². The van der Waals surface area contributed by atoms with Crippen LogP contribution in [0.4, 0.5) is 5.13 Å². The van der Waals surface area contributed by atoms with Crippen molar-refractivity contribution in [3.8, 4) is 0 Å². The maximum Gasteiger partial charge on any atom is 0.274 e. The molecule has 1 saturated heterocycles. The van der Waals surface area contributed by atoms with Gasteiger partial charge >= 0.3 is 0 Å². The molecule has 1 aliphatic heterocycles. The lowest BCUT2D eigenvalue weighted by Gasteiger charge is -2.34. The third kappa shape index (κ3) is 3.19. The van der Waals surface area contributed by atoms with Crippen molar-refractivity contribution in [3.05, 3.63) is 48.4 Å². The van der Waals surface area contributed by atoms with Crippen molar-refractivity contribution in [1.29, 1.82) is 0 Å². The number of pyridine rings is 2. The van der Waals surface area contributed by atoms with Gasteiger partial charge < -0.3 is 9.80 Å². The molecule has 0 aromatic carbocycles. The molecule has 0 unspecified atom stereocenters. The molecule has 0 bridgehead atoms. The number of fused-ring (bicyclic) bond motifs is 2. The van der Waals surface area contributed by atoms with Gasteiger partial charge in [-0.05, 0) is 24.3 Å². The van der Waals surface area contributed by atoms with Crippen LogP contribution in [0, 0.1) is 0 Å². The maximum atomic E-state index is 13.2. The average molecular weight is 443 g/mol. The molecule has 9 nitrogen and oxygen atoms in total. The number of imidazole rings is 1. The zero-order chi connectivity index (χ0) is 20.9. The van der Waals surface area contributed by atoms with Gasteiger partial charge in [0.15, 0.2) is 10.8 Å². The molecule has 0 radical (unpaired) electrons. The van der Waals surface area contributed by atoms with Gasteiger partial charge in [-0.1, -0.05) is 17.4 Å². The van der Waals surface area contributed by atoms with Crippen LogP contribution in [0.3, 0.4) is 0 Å². The Bertz CT molecular complexity index is 1340. The van der Waals surface area contributed by atoms with Crippen molar-refractivity contribution in [2.24, 2.45) is 0 Å². The van der Waals surface area contributed by atoms with E-state index in [0.717, 1.165) is 21.7 Å². The monoisotopic (exact) mass is 442 g/mol. The highest BCUT2D eigenvalue weighted by atomic mass is 32.2. The molecule has 1 amide bonds. The van der Waals surface area contributed by atoms with Crippen molar-refractivity contribution in [1.82, 2.24) is 24.3 Å². The quantitative estimate of drug-likeness (QED) is 0.476. The molecular weight excluding hydrogens is 424 g/mol. The normalized spacial score (nSPS) is 15.2. The Labute approximate surface area is 176 Å². The van der Waals surface area contributed by atoms with Crippen LogP contribution in [0.5, 0.6) is 0 Å². The molecule has 1 fully saturated rings. The van der Waals surface area contributed by atoms with E-state index in [4.69, 9.17) is 0 Å². The van der Waals surface area contributed by atoms with Crippen LogP contribution in [0.1, 0.15) is 10.5 Å². The van der Waals surface area contributed by atoms with E-state index in [0.29, 0.717) is 31.7 Å². The number of amides is 1. The number of rotatable bonds is 3. The maximum absolute atomic E-state index is 13.2. The van der Waals surface area contributed by atoms with Crippen molar-refractivity contribution >= 4 is 48.1 Å². The second kappa shape index (κ2) is 7.03. The fourth-order valence-corrected chi connectivity index (χ4v) is 5.31. The van der Waals surface area contributed by atoms with E-state index in [1.165, 1.54) is 15.7 Å². The minimum Gasteiger partial charge on any atom is -0.344 e. The SMILES string of the molecule is CS(=O)(=O)c1nc(C(=O)N2CCN(c3nc4cccnc4s3)CC2)c2ccccn12. The van der Waals surface area contributed by atoms with E-state index in [2.05, 4.69) is 19.9 Å². The molecule has 0 saturated carbocycles. The predicted octanol–water partition coefficient (Wildman–Crippen LogP) is 1.70. The van der Waals surface area contributed by atoms with Crippen LogP contribution >= 0.6 is 11.3 Å². The largest absolute Gasteiger partial charge is 0.344 e. The third-order valence-corrected chi connectivity index (χ3v) is 7.03. The van der Waals surface area contributed by atoms with E-state index < -0.39 is 9.84 Å². The first kappa shape index (κ1) is 18.9. The number of thiazole rings is 1. The molecule has 4 aromatic heterocycles. The fourth-order valence-electron chi connectivity index (χ4n) is 3.57. The molecule has 154 valence electrons. The summed E-state index contributed by atoms with van der Waals surface area (Å²) in [6, 6.07) is 8.98. The number of piperazine rings is 1. The lowest BCUT2D eigenvalue weighted by Crippen LogP contribution is -2.48. The third-order valence-electron chi connectivity index (χ3n) is 5.04. The molecule has 11 heteroatoms. The number of carbonyl (C=O) groups is 1. The number of anilines is 1. The van der Waals surface area contributed by atoms with Gasteiger partial charge in [0, 0.05) is 44.8 Å². The second-order valence-corrected chi connectivity index (χ2v) is 9.94. The molecule has 0 spiro atoms. The number of carbonyl (C=O) groups excluding carboxylic acids is 1. The number of aromatic nitrogens is 4. The first-order chi connectivity index (χ1) is 14.4. The van der Waals surface area contributed by atoms with Gasteiger partial charge in [-0.2, -0.15) is 0 Å². The van der Waals surface area contributed by atoms with Crippen molar-refractivity contribution < 1.29 is 13.2 Å². The summed E-state index contributed by atoms with van der Waals surface area (Å²) in [7, 11) is -3.57. The average Bonchev–Trinajstić information content (AvgIpc) is 3.35. The number of nitrogens with zero attached hydrogens (tertiary/aromatic N) is 6. The van der Waals surface area contributed by atoms with Crippen LogP contribution in [0.25, 0.3) is 15.9 Å². The number of sulfone groups is 1. The van der Waals surface area contributed by atoms with Crippen LogP contribution in [0.2, 0.25) is 0 Å². The van der Waals surface area contributed by atoms with Gasteiger partial charge in [-0.3, -0.25) is 9.20 Å². The number of hydrogen-bond acceptors (Lipinski definition) is 8. The molecule has 1 aliphatic rings. The Morgan fingerprint density at radius 2 is 1.87 bits per heavy atom. The molecule has 0 N–H and O–H groups in total. The molecule has 5 rings (SSSR count). The molecule has 0 aliphatic carbocycles. The van der Waals surface area contributed by atoms with Gasteiger partial charge in [-0.15, -0.1) is 0 Å². The van der Waals surface area contributed by atoms with Crippen molar-refractivity contribution in [2.75, 3.05) is 37.3 Å². The summed E-state index contributed by atoms with van der Waals surface area (Å²) in [6.07, 6.45) is 4.45. The predicted molar refractivity (Wildman–Crippen MR) is 114 cm³/mol. The minimum absolute atomic E-state index is 0.123. The molecule has 0 atom stereocenters. The molecule has 5 heterocycles. The summed E-state index contributed by atoms with van der Waals surface area (Å²) in [5.41, 5.74) is 1.52. The minimum atomic E-state index is -3.57. The van der Waals surface area contributed by atoms with Crippen LogP contribution < -0.4 is 4.90 Å². The molecule has 4 aromatic rings. The topological polar surface area (TPSA) is 101 Å².